The highest BCUT2D eigenvalue weighted by molar-refractivity contribution is 5.57. The normalized spacial score (nSPS) is 11.7. The van der Waals surface area contributed by atoms with Crippen LogP contribution in [-0.2, 0) is 4.74 Å². The number of hydrogen-bond acceptors (Lipinski definition) is 2. The first kappa shape index (κ1) is 8.99. The largest absolute Gasteiger partial charge is 0.510 e. The van der Waals surface area contributed by atoms with Gasteiger partial charge in [-0.15, -0.1) is 0 Å². The zero-order valence-corrected chi connectivity index (χ0v) is 4.35. The number of halogens is 4. The fourth-order valence-electron chi connectivity index (χ4n) is 0.161. The first-order valence-corrected chi connectivity index (χ1v) is 1.94. The van der Waals surface area contributed by atoms with Gasteiger partial charge in [0.25, 0.3) is 0 Å². The van der Waals surface area contributed by atoms with E-state index in [4.69, 9.17) is 5.11 Å². The van der Waals surface area contributed by atoms with Crippen LogP contribution in [0, 0.1) is 0 Å². The van der Waals surface area contributed by atoms with Crippen LogP contribution in [-0.4, -0.2) is 23.8 Å². The molecule has 3 nitrogen and oxygen atoms in total. The summed E-state index contributed by atoms with van der Waals surface area (Å²) >= 11 is 0. The summed E-state index contributed by atoms with van der Waals surface area (Å²) in [5.41, 5.74) is 0. The van der Waals surface area contributed by atoms with E-state index in [2.05, 4.69) is 4.74 Å². The van der Waals surface area contributed by atoms with Gasteiger partial charge in [0.1, 0.15) is 0 Å². The van der Waals surface area contributed by atoms with E-state index < -0.39 is 18.7 Å². The van der Waals surface area contributed by atoms with E-state index in [9.17, 15) is 22.4 Å². The highest BCUT2D eigenvalue weighted by atomic mass is 19.3. The lowest BCUT2D eigenvalue weighted by Crippen LogP contribution is -2.32. The van der Waals surface area contributed by atoms with E-state index in [0.717, 1.165) is 0 Å². The van der Waals surface area contributed by atoms with Crippen molar-refractivity contribution in [2.24, 2.45) is 0 Å². The average molecular weight is 162 g/mol. The molecule has 0 amide bonds. The minimum absolute atomic E-state index is 2.44. The van der Waals surface area contributed by atoms with E-state index in [1.165, 1.54) is 0 Å². The second-order valence-corrected chi connectivity index (χ2v) is 1.23. The number of ether oxygens (including phenoxy) is 1. The standard InChI is InChI=1S/C3H2F4O3/c4-1(5)3(6,7)10-2(8)9/h1H,(H,8,9). The van der Waals surface area contributed by atoms with Gasteiger partial charge >= 0.3 is 18.7 Å². The van der Waals surface area contributed by atoms with Crippen molar-refractivity contribution >= 4 is 6.16 Å². The van der Waals surface area contributed by atoms with E-state index in [0.29, 0.717) is 0 Å². The molecule has 0 bridgehead atoms. The van der Waals surface area contributed by atoms with E-state index in [1.807, 2.05) is 0 Å². The maximum atomic E-state index is 11.4. The third-order valence-electron chi connectivity index (χ3n) is 0.477. The molecule has 0 atom stereocenters. The Morgan fingerprint density at radius 1 is 1.50 bits per heavy atom. The zero-order valence-electron chi connectivity index (χ0n) is 4.35. The van der Waals surface area contributed by atoms with Gasteiger partial charge in [0, 0.05) is 0 Å². The molecule has 10 heavy (non-hydrogen) atoms. The van der Waals surface area contributed by atoms with Gasteiger partial charge in [-0.2, -0.15) is 17.6 Å². The summed E-state index contributed by atoms with van der Waals surface area (Å²) in [5.74, 6) is 0. The molecule has 0 aromatic heterocycles. The molecule has 0 aliphatic rings. The average Bonchev–Trinajstić information content (AvgIpc) is 1.60. The Hall–Kier alpha value is -1.01. The number of hydrogen-bond donors (Lipinski definition) is 1. The zero-order chi connectivity index (χ0) is 8.36. The third kappa shape index (κ3) is 2.51. The van der Waals surface area contributed by atoms with Crippen LogP contribution in [0.5, 0.6) is 0 Å². The van der Waals surface area contributed by atoms with Crippen LogP contribution in [0.15, 0.2) is 0 Å². The Bertz CT molecular complexity index is 134. The van der Waals surface area contributed by atoms with Gasteiger partial charge in [-0.1, -0.05) is 0 Å². The lowest BCUT2D eigenvalue weighted by atomic mass is 10.7. The molecule has 0 radical (unpaired) electrons. The van der Waals surface area contributed by atoms with Crippen LogP contribution >= 0.6 is 0 Å². The maximum absolute atomic E-state index is 11.4. The third-order valence-corrected chi connectivity index (χ3v) is 0.477. The molecule has 7 heteroatoms. The van der Waals surface area contributed by atoms with E-state index >= 15 is 0 Å². The SMILES string of the molecule is O=C(O)OC(F)(F)C(F)F. The fraction of sp³-hybridized carbons (Fsp3) is 0.667. The molecule has 0 aromatic rings. The second-order valence-electron chi connectivity index (χ2n) is 1.23. The van der Waals surface area contributed by atoms with Crippen molar-refractivity contribution in [3.63, 3.8) is 0 Å². The summed E-state index contributed by atoms with van der Waals surface area (Å²) < 4.78 is 47.5. The minimum atomic E-state index is -4.91. The Morgan fingerprint density at radius 3 is 2.00 bits per heavy atom. The highest BCUT2D eigenvalue weighted by Crippen LogP contribution is 2.23. The quantitative estimate of drug-likeness (QED) is 0.494. The number of rotatable bonds is 2. The van der Waals surface area contributed by atoms with Crippen molar-refractivity contribution in [3.8, 4) is 0 Å². The van der Waals surface area contributed by atoms with Crippen molar-refractivity contribution in [2.75, 3.05) is 0 Å². The number of carboxylic acid groups (broad SMARTS) is 1. The maximum Gasteiger partial charge on any atom is 0.510 e. The minimum Gasteiger partial charge on any atom is -0.450 e. The van der Waals surface area contributed by atoms with Crippen molar-refractivity contribution < 1.29 is 32.2 Å². The lowest BCUT2D eigenvalue weighted by Gasteiger charge is -2.11. The Morgan fingerprint density at radius 2 is 1.90 bits per heavy atom. The summed E-state index contributed by atoms with van der Waals surface area (Å²) in [4.78, 5) is 9.28. The van der Waals surface area contributed by atoms with E-state index in [-0.39, 0.29) is 0 Å². The fourth-order valence-corrected chi connectivity index (χ4v) is 0.161. The molecular weight excluding hydrogens is 160 g/mol. The van der Waals surface area contributed by atoms with Crippen LogP contribution in [0.2, 0.25) is 0 Å². The van der Waals surface area contributed by atoms with Gasteiger partial charge in [-0.3, -0.25) is 0 Å². The van der Waals surface area contributed by atoms with Crippen molar-refractivity contribution in [1.29, 1.82) is 0 Å². The van der Waals surface area contributed by atoms with E-state index in [1.54, 1.807) is 0 Å². The summed E-state index contributed by atoms with van der Waals surface area (Å²) in [5, 5.41) is 7.46. The number of carbonyl (C=O) groups is 1. The van der Waals surface area contributed by atoms with Crippen molar-refractivity contribution in [3.05, 3.63) is 0 Å². The van der Waals surface area contributed by atoms with Crippen LogP contribution in [0.4, 0.5) is 22.4 Å². The summed E-state index contributed by atoms with van der Waals surface area (Å²) in [7, 11) is 0. The Labute approximate surface area is 52.2 Å². The molecule has 0 heterocycles. The molecule has 0 saturated heterocycles. The topological polar surface area (TPSA) is 46.5 Å². The monoisotopic (exact) mass is 162 g/mol. The molecule has 0 aliphatic carbocycles. The van der Waals surface area contributed by atoms with Gasteiger partial charge in [0.2, 0.25) is 0 Å². The molecule has 0 fully saturated rings. The Balaban J connectivity index is 3.99. The van der Waals surface area contributed by atoms with Crippen LogP contribution < -0.4 is 0 Å². The van der Waals surface area contributed by atoms with Gasteiger partial charge in [-0.05, 0) is 0 Å². The Kier molecular flexibility index (Phi) is 2.44. The summed E-state index contributed by atoms with van der Waals surface area (Å²) in [6.45, 7) is 0. The molecule has 0 aromatic carbocycles. The summed E-state index contributed by atoms with van der Waals surface area (Å²) in [6.07, 6.45) is -11.5. The lowest BCUT2D eigenvalue weighted by molar-refractivity contribution is -0.275. The molecule has 60 valence electrons. The molecule has 0 rings (SSSR count). The van der Waals surface area contributed by atoms with Gasteiger partial charge in [0.05, 0.1) is 0 Å². The molecule has 0 aliphatic heterocycles. The van der Waals surface area contributed by atoms with Crippen molar-refractivity contribution in [2.45, 2.75) is 12.5 Å². The molecule has 1 N–H and O–H groups in total. The van der Waals surface area contributed by atoms with Crippen LogP contribution in [0.25, 0.3) is 0 Å². The second kappa shape index (κ2) is 2.72. The molecule has 0 spiro atoms. The first-order chi connectivity index (χ1) is 4.36. The van der Waals surface area contributed by atoms with Gasteiger partial charge in [0.15, 0.2) is 0 Å². The predicted octanol–water partition coefficient (Wildman–Crippen LogP) is 1.54. The summed E-state index contributed by atoms with van der Waals surface area (Å²) in [6, 6.07) is 0. The first-order valence-electron chi connectivity index (χ1n) is 1.94. The highest BCUT2D eigenvalue weighted by Gasteiger charge is 2.45. The van der Waals surface area contributed by atoms with Gasteiger partial charge in [-0.25, -0.2) is 4.79 Å². The smallest absolute Gasteiger partial charge is 0.450 e. The molecule has 0 unspecified atom stereocenters. The number of alkyl halides is 4. The predicted molar refractivity (Wildman–Crippen MR) is 20.1 cm³/mol. The van der Waals surface area contributed by atoms with Crippen LogP contribution in [0.3, 0.4) is 0 Å². The molecular formula is C3H2F4O3. The molecule has 0 saturated carbocycles. The van der Waals surface area contributed by atoms with Crippen LogP contribution in [0.1, 0.15) is 0 Å². The van der Waals surface area contributed by atoms with Gasteiger partial charge < -0.3 is 9.84 Å². The van der Waals surface area contributed by atoms with Crippen molar-refractivity contribution in [1.82, 2.24) is 0 Å².